The summed E-state index contributed by atoms with van der Waals surface area (Å²) < 4.78 is 0. The van der Waals surface area contributed by atoms with Gasteiger partial charge in [0.15, 0.2) is 0 Å². The molecule has 72 valence electrons. The van der Waals surface area contributed by atoms with Crippen LogP contribution in [0.15, 0.2) is 36.0 Å². The van der Waals surface area contributed by atoms with Gasteiger partial charge in [0, 0.05) is 0 Å². The highest BCUT2D eigenvalue weighted by atomic mass is 16.3. The van der Waals surface area contributed by atoms with E-state index in [1.54, 1.807) is 6.08 Å². The van der Waals surface area contributed by atoms with Crippen molar-refractivity contribution in [3.8, 4) is 0 Å². The van der Waals surface area contributed by atoms with Crippen molar-refractivity contribution < 1.29 is 5.11 Å². The number of hydrogen-bond acceptors (Lipinski definition) is 1. The molecule has 0 heterocycles. The Kier molecular flexibility index (Phi) is 3.49. The highest BCUT2D eigenvalue weighted by Gasteiger charge is 2.20. The zero-order valence-corrected chi connectivity index (χ0v) is 8.34. The van der Waals surface area contributed by atoms with Crippen molar-refractivity contribution in [2.45, 2.75) is 38.7 Å². The highest BCUT2D eigenvalue weighted by molar-refractivity contribution is 5.37. The molecule has 1 nitrogen and oxygen atoms in total. The minimum atomic E-state index is -0.327. The molecular formula is C12H18O. The Morgan fingerprint density at radius 2 is 2.31 bits per heavy atom. The fraction of sp³-hybridized carbons (Fsp3) is 0.500. The molecule has 1 aliphatic rings. The quantitative estimate of drug-likeness (QED) is 0.656. The SMILES string of the molecule is C=CCC(O)C1=C(C(=C)C)CCC1. The maximum atomic E-state index is 9.80. The molecule has 0 aromatic rings. The van der Waals surface area contributed by atoms with Gasteiger partial charge >= 0.3 is 0 Å². The second kappa shape index (κ2) is 4.43. The van der Waals surface area contributed by atoms with Crippen LogP contribution in [0.2, 0.25) is 0 Å². The average Bonchev–Trinajstić information content (AvgIpc) is 2.52. The van der Waals surface area contributed by atoms with E-state index in [4.69, 9.17) is 0 Å². The van der Waals surface area contributed by atoms with Gasteiger partial charge in [-0.3, -0.25) is 0 Å². The van der Waals surface area contributed by atoms with E-state index in [2.05, 4.69) is 13.2 Å². The largest absolute Gasteiger partial charge is 0.388 e. The van der Waals surface area contributed by atoms with Crippen LogP contribution >= 0.6 is 0 Å². The lowest BCUT2D eigenvalue weighted by molar-refractivity contribution is 0.211. The second-order valence-electron chi connectivity index (χ2n) is 3.68. The lowest BCUT2D eigenvalue weighted by Crippen LogP contribution is -2.09. The smallest absolute Gasteiger partial charge is 0.0790 e. The van der Waals surface area contributed by atoms with E-state index in [9.17, 15) is 5.11 Å². The van der Waals surface area contributed by atoms with Crippen LogP contribution in [0.5, 0.6) is 0 Å². The van der Waals surface area contributed by atoms with Gasteiger partial charge in [0.25, 0.3) is 0 Å². The van der Waals surface area contributed by atoms with Crippen molar-refractivity contribution in [2.75, 3.05) is 0 Å². The van der Waals surface area contributed by atoms with Crippen LogP contribution in [0.3, 0.4) is 0 Å². The normalized spacial score (nSPS) is 18.9. The molecule has 1 unspecified atom stereocenters. The number of aliphatic hydroxyl groups excluding tert-OH is 1. The third-order valence-electron chi connectivity index (χ3n) is 2.57. The summed E-state index contributed by atoms with van der Waals surface area (Å²) in [6, 6.07) is 0. The minimum absolute atomic E-state index is 0.327. The Morgan fingerprint density at radius 3 is 2.85 bits per heavy atom. The van der Waals surface area contributed by atoms with Crippen molar-refractivity contribution >= 4 is 0 Å². The third-order valence-corrected chi connectivity index (χ3v) is 2.57. The molecule has 0 aliphatic heterocycles. The average molecular weight is 178 g/mol. The van der Waals surface area contributed by atoms with E-state index >= 15 is 0 Å². The Morgan fingerprint density at radius 1 is 1.62 bits per heavy atom. The zero-order chi connectivity index (χ0) is 9.84. The Bertz CT molecular complexity index is 248. The summed E-state index contributed by atoms with van der Waals surface area (Å²) in [6.07, 6.45) is 5.37. The summed E-state index contributed by atoms with van der Waals surface area (Å²) in [4.78, 5) is 0. The summed E-state index contributed by atoms with van der Waals surface area (Å²) in [6.45, 7) is 9.59. The van der Waals surface area contributed by atoms with Crippen molar-refractivity contribution in [1.29, 1.82) is 0 Å². The molecule has 1 N–H and O–H groups in total. The number of rotatable bonds is 4. The summed E-state index contributed by atoms with van der Waals surface area (Å²) >= 11 is 0. The van der Waals surface area contributed by atoms with Crippen LogP contribution < -0.4 is 0 Å². The van der Waals surface area contributed by atoms with Gasteiger partial charge in [-0.1, -0.05) is 18.2 Å². The van der Waals surface area contributed by atoms with Gasteiger partial charge in [-0.25, -0.2) is 0 Å². The van der Waals surface area contributed by atoms with Crippen LogP contribution in [0, 0.1) is 0 Å². The minimum Gasteiger partial charge on any atom is -0.388 e. The molecule has 0 bridgehead atoms. The van der Waals surface area contributed by atoms with Crippen molar-refractivity contribution in [3.05, 3.63) is 36.0 Å². The van der Waals surface area contributed by atoms with E-state index in [0.717, 1.165) is 24.8 Å². The Hall–Kier alpha value is -0.820. The van der Waals surface area contributed by atoms with Crippen LogP contribution in [0.1, 0.15) is 32.6 Å². The van der Waals surface area contributed by atoms with Gasteiger partial charge in [-0.2, -0.15) is 0 Å². The summed E-state index contributed by atoms with van der Waals surface area (Å²) in [5.41, 5.74) is 3.58. The zero-order valence-electron chi connectivity index (χ0n) is 8.34. The van der Waals surface area contributed by atoms with Gasteiger partial charge in [-0.15, -0.1) is 6.58 Å². The maximum absolute atomic E-state index is 9.80. The summed E-state index contributed by atoms with van der Waals surface area (Å²) in [5, 5.41) is 9.80. The lowest BCUT2D eigenvalue weighted by atomic mass is 9.99. The molecule has 0 amide bonds. The first-order valence-electron chi connectivity index (χ1n) is 4.83. The predicted molar refractivity (Wildman–Crippen MR) is 56.5 cm³/mol. The lowest BCUT2D eigenvalue weighted by Gasteiger charge is -2.12. The Labute approximate surface area is 80.5 Å². The van der Waals surface area contributed by atoms with E-state index < -0.39 is 0 Å². The molecule has 0 spiro atoms. The fourth-order valence-electron chi connectivity index (χ4n) is 1.92. The van der Waals surface area contributed by atoms with Crippen LogP contribution in [0.25, 0.3) is 0 Å². The van der Waals surface area contributed by atoms with E-state index in [1.807, 2.05) is 6.92 Å². The fourth-order valence-corrected chi connectivity index (χ4v) is 1.92. The summed E-state index contributed by atoms with van der Waals surface area (Å²) in [5.74, 6) is 0. The van der Waals surface area contributed by atoms with E-state index in [-0.39, 0.29) is 6.10 Å². The molecule has 0 aromatic carbocycles. The Balaban J connectivity index is 2.80. The number of allylic oxidation sites excluding steroid dienone is 2. The standard InChI is InChI=1S/C12H18O/c1-4-6-12(13)11-8-5-7-10(11)9(2)3/h4,12-13H,1-2,5-8H2,3H3. The van der Waals surface area contributed by atoms with Gasteiger partial charge < -0.3 is 5.11 Å². The predicted octanol–water partition coefficient (Wildman–Crippen LogP) is 2.98. The molecule has 0 saturated carbocycles. The molecule has 1 heteroatoms. The van der Waals surface area contributed by atoms with Gasteiger partial charge in [0.1, 0.15) is 0 Å². The van der Waals surface area contributed by atoms with Gasteiger partial charge in [0.05, 0.1) is 6.10 Å². The first kappa shape index (κ1) is 10.3. The maximum Gasteiger partial charge on any atom is 0.0790 e. The van der Waals surface area contributed by atoms with Crippen molar-refractivity contribution in [3.63, 3.8) is 0 Å². The second-order valence-corrected chi connectivity index (χ2v) is 3.68. The van der Waals surface area contributed by atoms with E-state index in [0.29, 0.717) is 6.42 Å². The molecule has 1 atom stereocenters. The third kappa shape index (κ3) is 2.31. The number of aliphatic hydroxyl groups is 1. The molecule has 1 rings (SSSR count). The van der Waals surface area contributed by atoms with Crippen molar-refractivity contribution in [1.82, 2.24) is 0 Å². The number of hydrogen-bond donors (Lipinski definition) is 1. The first-order chi connectivity index (χ1) is 6.16. The highest BCUT2D eigenvalue weighted by Crippen LogP contribution is 2.33. The molecule has 1 aliphatic carbocycles. The molecule has 0 radical (unpaired) electrons. The van der Waals surface area contributed by atoms with Gasteiger partial charge in [-0.05, 0) is 43.8 Å². The van der Waals surface area contributed by atoms with Gasteiger partial charge in [0.2, 0.25) is 0 Å². The van der Waals surface area contributed by atoms with Crippen molar-refractivity contribution in [2.24, 2.45) is 0 Å². The van der Waals surface area contributed by atoms with Crippen LogP contribution in [-0.4, -0.2) is 11.2 Å². The molecule has 0 fully saturated rings. The molecule has 13 heavy (non-hydrogen) atoms. The molecule has 0 saturated heterocycles. The monoisotopic (exact) mass is 178 g/mol. The van der Waals surface area contributed by atoms with Crippen LogP contribution in [0.4, 0.5) is 0 Å². The molecule has 0 aromatic heterocycles. The molecular weight excluding hydrogens is 160 g/mol. The summed E-state index contributed by atoms with van der Waals surface area (Å²) in [7, 11) is 0. The van der Waals surface area contributed by atoms with E-state index in [1.165, 1.54) is 11.1 Å². The first-order valence-corrected chi connectivity index (χ1v) is 4.83. The van der Waals surface area contributed by atoms with Crippen LogP contribution in [-0.2, 0) is 0 Å². The topological polar surface area (TPSA) is 20.2 Å².